The molecule has 0 bridgehead atoms. The maximum absolute atomic E-state index is 12.5. The molecule has 0 amide bonds. The van der Waals surface area contributed by atoms with Crippen molar-refractivity contribution in [2.45, 2.75) is 36.9 Å². The lowest BCUT2D eigenvalue weighted by Gasteiger charge is -2.18. The molecule has 1 atom stereocenters. The van der Waals surface area contributed by atoms with Crippen LogP contribution in [0.1, 0.15) is 18.7 Å². The standard InChI is InChI=1S/C11H15N3O4S2/c15-11(16)8-6-19-7-14(8)20(17,18)10-5-13-4-2-1-3-9(13)12-10/h5,8H,1-4,6-7H2,(H,15,16). The average Bonchev–Trinajstić information content (AvgIpc) is 3.05. The Morgan fingerprint density at radius 1 is 1.45 bits per heavy atom. The molecule has 0 spiro atoms. The zero-order valence-electron chi connectivity index (χ0n) is 10.7. The van der Waals surface area contributed by atoms with Gasteiger partial charge in [0, 0.05) is 24.9 Å². The first-order valence-electron chi connectivity index (χ1n) is 6.38. The van der Waals surface area contributed by atoms with Crippen LogP contribution in [0.25, 0.3) is 0 Å². The lowest BCUT2D eigenvalue weighted by molar-refractivity contribution is -0.140. The van der Waals surface area contributed by atoms with E-state index in [0.29, 0.717) is 0 Å². The van der Waals surface area contributed by atoms with Crippen molar-refractivity contribution in [2.24, 2.45) is 0 Å². The fourth-order valence-electron chi connectivity index (χ4n) is 2.49. The highest BCUT2D eigenvalue weighted by Crippen LogP contribution is 2.28. The van der Waals surface area contributed by atoms with Gasteiger partial charge in [-0.05, 0) is 12.8 Å². The molecular weight excluding hydrogens is 302 g/mol. The highest BCUT2D eigenvalue weighted by molar-refractivity contribution is 8.00. The van der Waals surface area contributed by atoms with Crippen molar-refractivity contribution < 1.29 is 18.3 Å². The number of sulfonamides is 1. The van der Waals surface area contributed by atoms with E-state index in [-0.39, 0.29) is 16.7 Å². The first-order valence-corrected chi connectivity index (χ1v) is 8.98. The first-order chi connectivity index (χ1) is 9.50. The molecule has 3 heterocycles. The van der Waals surface area contributed by atoms with Crippen LogP contribution >= 0.6 is 11.8 Å². The SMILES string of the molecule is O=C(O)C1CSCN1S(=O)(=O)c1cn2c(n1)CCCC2. The molecule has 0 radical (unpaired) electrons. The number of carboxylic acid groups (broad SMARTS) is 1. The molecule has 1 aromatic heterocycles. The number of carbonyl (C=O) groups is 1. The Labute approximate surface area is 121 Å². The van der Waals surface area contributed by atoms with Crippen molar-refractivity contribution >= 4 is 27.8 Å². The van der Waals surface area contributed by atoms with Crippen molar-refractivity contribution in [3.63, 3.8) is 0 Å². The minimum absolute atomic E-state index is 0.0249. The van der Waals surface area contributed by atoms with Gasteiger partial charge in [0.05, 0.1) is 5.88 Å². The molecule has 3 rings (SSSR count). The molecule has 1 N–H and O–H groups in total. The van der Waals surface area contributed by atoms with Gasteiger partial charge in [-0.25, -0.2) is 13.4 Å². The fraction of sp³-hybridized carbons (Fsp3) is 0.636. The Morgan fingerprint density at radius 3 is 2.95 bits per heavy atom. The quantitative estimate of drug-likeness (QED) is 0.866. The fourth-order valence-corrected chi connectivity index (χ4v) is 5.60. The van der Waals surface area contributed by atoms with E-state index in [0.717, 1.165) is 35.9 Å². The van der Waals surface area contributed by atoms with Gasteiger partial charge in [0.25, 0.3) is 10.0 Å². The first kappa shape index (κ1) is 13.9. The molecule has 0 aromatic carbocycles. The van der Waals surface area contributed by atoms with E-state index < -0.39 is 22.0 Å². The number of hydrogen-bond acceptors (Lipinski definition) is 5. The van der Waals surface area contributed by atoms with Crippen LogP contribution in [0, 0.1) is 0 Å². The number of rotatable bonds is 3. The molecule has 1 unspecified atom stereocenters. The largest absolute Gasteiger partial charge is 0.480 e. The molecule has 1 saturated heterocycles. The average molecular weight is 317 g/mol. The summed E-state index contributed by atoms with van der Waals surface area (Å²) in [7, 11) is -3.83. The number of thioether (sulfide) groups is 1. The molecule has 0 aliphatic carbocycles. The summed E-state index contributed by atoms with van der Waals surface area (Å²) in [6, 6.07) is -0.997. The van der Waals surface area contributed by atoms with Crippen LogP contribution in [-0.4, -0.2) is 51.0 Å². The maximum Gasteiger partial charge on any atom is 0.322 e. The van der Waals surface area contributed by atoms with Crippen molar-refractivity contribution in [3.8, 4) is 0 Å². The predicted octanol–water partition coefficient (Wildman–Crippen LogP) is 0.368. The second kappa shape index (κ2) is 5.05. The lowest BCUT2D eigenvalue weighted by atomic mass is 10.2. The van der Waals surface area contributed by atoms with Crippen LogP contribution < -0.4 is 0 Å². The number of aromatic nitrogens is 2. The van der Waals surface area contributed by atoms with E-state index in [4.69, 9.17) is 5.11 Å². The van der Waals surface area contributed by atoms with E-state index in [1.807, 2.05) is 4.57 Å². The number of hydrogen-bond donors (Lipinski definition) is 1. The number of carboxylic acids is 1. The second-order valence-corrected chi connectivity index (χ2v) is 7.73. The number of nitrogens with zero attached hydrogens (tertiary/aromatic N) is 3. The van der Waals surface area contributed by atoms with Crippen LogP contribution in [-0.2, 0) is 27.8 Å². The van der Waals surface area contributed by atoms with Crippen molar-refractivity contribution in [3.05, 3.63) is 12.0 Å². The summed E-state index contributed by atoms with van der Waals surface area (Å²) >= 11 is 1.31. The minimum atomic E-state index is -3.83. The number of aliphatic carboxylic acids is 1. The predicted molar refractivity (Wildman–Crippen MR) is 72.9 cm³/mol. The Kier molecular flexibility index (Phi) is 3.51. The van der Waals surface area contributed by atoms with Gasteiger partial charge in [-0.15, -0.1) is 11.8 Å². The number of aryl methyl sites for hydroxylation is 2. The van der Waals surface area contributed by atoms with Crippen LogP contribution in [0.5, 0.6) is 0 Å². The van der Waals surface area contributed by atoms with E-state index >= 15 is 0 Å². The number of imidazole rings is 1. The van der Waals surface area contributed by atoms with Gasteiger partial charge in [-0.1, -0.05) is 0 Å². The lowest BCUT2D eigenvalue weighted by Crippen LogP contribution is -2.41. The van der Waals surface area contributed by atoms with Crippen LogP contribution in [0.15, 0.2) is 11.2 Å². The molecule has 0 saturated carbocycles. The van der Waals surface area contributed by atoms with Gasteiger partial charge in [-0.3, -0.25) is 4.79 Å². The van der Waals surface area contributed by atoms with E-state index in [1.165, 1.54) is 18.0 Å². The summed E-state index contributed by atoms with van der Waals surface area (Å²) in [6.45, 7) is 0.773. The second-order valence-electron chi connectivity index (χ2n) is 4.89. The summed E-state index contributed by atoms with van der Waals surface area (Å²) < 4.78 is 28.0. The Morgan fingerprint density at radius 2 is 2.25 bits per heavy atom. The molecule has 110 valence electrons. The zero-order chi connectivity index (χ0) is 14.3. The van der Waals surface area contributed by atoms with Gasteiger partial charge in [0.1, 0.15) is 11.9 Å². The topological polar surface area (TPSA) is 92.5 Å². The molecule has 2 aliphatic heterocycles. The molecule has 9 heteroatoms. The third-order valence-electron chi connectivity index (χ3n) is 3.59. The molecular formula is C11H15N3O4S2. The van der Waals surface area contributed by atoms with Crippen molar-refractivity contribution in [2.75, 3.05) is 11.6 Å². The van der Waals surface area contributed by atoms with Crippen molar-refractivity contribution in [1.82, 2.24) is 13.9 Å². The maximum atomic E-state index is 12.5. The van der Waals surface area contributed by atoms with E-state index in [2.05, 4.69) is 4.98 Å². The summed E-state index contributed by atoms with van der Waals surface area (Å²) in [4.78, 5) is 15.3. The Balaban J connectivity index is 1.95. The number of fused-ring (bicyclic) bond motifs is 1. The van der Waals surface area contributed by atoms with Gasteiger partial charge < -0.3 is 9.67 Å². The summed E-state index contributed by atoms with van der Waals surface area (Å²) in [5.74, 6) is 0.111. The van der Waals surface area contributed by atoms with Gasteiger partial charge >= 0.3 is 5.97 Å². The molecule has 20 heavy (non-hydrogen) atoms. The Bertz CT molecular complexity index is 617. The molecule has 1 fully saturated rings. The summed E-state index contributed by atoms with van der Waals surface area (Å²) in [6.07, 6.45) is 4.33. The van der Waals surface area contributed by atoms with Crippen LogP contribution in [0.2, 0.25) is 0 Å². The van der Waals surface area contributed by atoms with Crippen LogP contribution in [0.4, 0.5) is 0 Å². The van der Waals surface area contributed by atoms with Gasteiger partial charge in [0.15, 0.2) is 5.03 Å². The Hall–Kier alpha value is -1.06. The molecule has 7 nitrogen and oxygen atoms in total. The highest BCUT2D eigenvalue weighted by Gasteiger charge is 2.41. The van der Waals surface area contributed by atoms with Gasteiger partial charge in [-0.2, -0.15) is 4.31 Å². The zero-order valence-corrected chi connectivity index (χ0v) is 12.4. The highest BCUT2D eigenvalue weighted by atomic mass is 32.2. The summed E-state index contributed by atoms with van der Waals surface area (Å²) in [5.41, 5.74) is 0. The summed E-state index contributed by atoms with van der Waals surface area (Å²) in [5, 5.41) is 9.09. The van der Waals surface area contributed by atoms with Gasteiger partial charge in [0.2, 0.25) is 0 Å². The van der Waals surface area contributed by atoms with Crippen molar-refractivity contribution in [1.29, 1.82) is 0 Å². The third-order valence-corrected chi connectivity index (χ3v) is 6.49. The smallest absolute Gasteiger partial charge is 0.322 e. The monoisotopic (exact) mass is 317 g/mol. The third kappa shape index (κ3) is 2.23. The van der Waals surface area contributed by atoms with E-state index in [1.54, 1.807) is 0 Å². The van der Waals surface area contributed by atoms with Crippen LogP contribution in [0.3, 0.4) is 0 Å². The normalized spacial score (nSPS) is 23.7. The minimum Gasteiger partial charge on any atom is -0.480 e. The molecule has 2 aliphatic rings. The molecule has 1 aromatic rings. The van der Waals surface area contributed by atoms with E-state index in [9.17, 15) is 13.2 Å².